The van der Waals surface area contributed by atoms with Crippen molar-refractivity contribution in [1.29, 1.82) is 0 Å². The summed E-state index contributed by atoms with van der Waals surface area (Å²) in [6.45, 7) is 2.53. The van der Waals surface area contributed by atoms with Crippen molar-refractivity contribution in [3.63, 3.8) is 0 Å². The zero-order valence-corrected chi connectivity index (χ0v) is 14.9. The van der Waals surface area contributed by atoms with Gasteiger partial charge < -0.3 is 5.11 Å². The summed E-state index contributed by atoms with van der Waals surface area (Å²) >= 11 is 3.60. The van der Waals surface area contributed by atoms with Crippen molar-refractivity contribution >= 4 is 15.9 Å². The molecule has 1 N–H and O–H groups in total. The van der Waals surface area contributed by atoms with Crippen LogP contribution in [-0.2, 0) is 6.42 Å². The van der Waals surface area contributed by atoms with Gasteiger partial charge in [0.15, 0.2) is 0 Å². The number of fused-ring (bicyclic) bond motifs is 5. The van der Waals surface area contributed by atoms with E-state index in [0.717, 1.165) is 29.5 Å². The molecule has 1 aromatic carbocycles. The van der Waals surface area contributed by atoms with Crippen LogP contribution in [0.2, 0.25) is 0 Å². The maximum Gasteiger partial charge on any atom is 0.115 e. The standard InChI is InChI=1S/C20H25BrO/c1-20-10-8-17-16-6-4-15(22)12-13(16)2-5-18(17)19(20)7-3-14(20)9-11-21/h4,6,9,12,17-19,22H,2-3,5,7-8,10-11H2,1H3/b14-9+. The van der Waals surface area contributed by atoms with Gasteiger partial charge in [0.05, 0.1) is 0 Å². The number of rotatable bonds is 1. The van der Waals surface area contributed by atoms with Crippen molar-refractivity contribution in [2.24, 2.45) is 17.3 Å². The van der Waals surface area contributed by atoms with Crippen molar-refractivity contribution in [2.75, 3.05) is 5.33 Å². The largest absolute Gasteiger partial charge is 0.508 e. The topological polar surface area (TPSA) is 20.2 Å². The van der Waals surface area contributed by atoms with Crippen molar-refractivity contribution in [2.45, 2.75) is 51.4 Å². The summed E-state index contributed by atoms with van der Waals surface area (Å²) < 4.78 is 0. The number of alkyl halides is 1. The predicted molar refractivity (Wildman–Crippen MR) is 94.6 cm³/mol. The molecule has 2 heteroatoms. The molecule has 4 atom stereocenters. The molecule has 1 aromatic rings. The summed E-state index contributed by atoms with van der Waals surface area (Å²) in [5.74, 6) is 2.86. The first-order valence-corrected chi connectivity index (χ1v) is 9.83. The molecule has 0 heterocycles. The van der Waals surface area contributed by atoms with E-state index in [4.69, 9.17) is 0 Å². The fourth-order valence-electron chi connectivity index (χ4n) is 5.85. The van der Waals surface area contributed by atoms with Gasteiger partial charge in [0.1, 0.15) is 5.75 Å². The van der Waals surface area contributed by atoms with Gasteiger partial charge in [-0.25, -0.2) is 0 Å². The highest BCUT2D eigenvalue weighted by atomic mass is 79.9. The third kappa shape index (κ3) is 2.10. The number of allylic oxidation sites excluding steroid dienone is 2. The molecule has 3 aliphatic rings. The minimum Gasteiger partial charge on any atom is -0.508 e. The lowest BCUT2D eigenvalue weighted by Crippen LogP contribution is -2.40. The van der Waals surface area contributed by atoms with Gasteiger partial charge >= 0.3 is 0 Å². The Morgan fingerprint density at radius 1 is 1.27 bits per heavy atom. The number of halogens is 1. The van der Waals surface area contributed by atoms with Crippen molar-refractivity contribution < 1.29 is 5.11 Å². The predicted octanol–water partition coefficient (Wildman–Crippen LogP) is 5.57. The Kier molecular flexibility index (Phi) is 3.64. The number of phenolic OH excluding ortho intramolecular Hbond substituents is 1. The first-order valence-electron chi connectivity index (χ1n) is 8.71. The molecule has 0 aromatic heterocycles. The molecule has 4 unspecified atom stereocenters. The van der Waals surface area contributed by atoms with E-state index in [2.05, 4.69) is 35.0 Å². The molecule has 2 fully saturated rings. The van der Waals surface area contributed by atoms with Gasteiger partial charge in [0, 0.05) is 5.33 Å². The van der Waals surface area contributed by atoms with Gasteiger partial charge in [0.2, 0.25) is 0 Å². The molecule has 0 spiro atoms. The molecule has 4 rings (SSSR count). The quantitative estimate of drug-likeness (QED) is 0.512. The van der Waals surface area contributed by atoms with Gasteiger partial charge in [-0.1, -0.05) is 40.6 Å². The van der Waals surface area contributed by atoms with E-state index in [-0.39, 0.29) is 0 Å². The summed E-state index contributed by atoms with van der Waals surface area (Å²) in [5, 5.41) is 10.8. The zero-order valence-electron chi connectivity index (χ0n) is 13.3. The van der Waals surface area contributed by atoms with E-state index in [9.17, 15) is 5.11 Å². The third-order valence-corrected chi connectivity index (χ3v) is 7.21. The molecular weight excluding hydrogens is 336 g/mol. The van der Waals surface area contributed by atoms with Crippen LogP contribution in [0.5, 0.6) is 5.75 Å². The summed E-state index contributed by atoms with van der Waals surface area (Å²) in [6, 6.07) is 6.10. The number of hydrogen-bond donors (Lipinski definition) is 1. The Morgan fingerprint density at radius 2 is 2.14 bits per heavy atom. The van der Waals surface area contributed by atoms with Crippen LogP contribution in [0, 0.1) is 17.3 Å². The number of phenols is 1. The summed E-state index contributed by atoms with van der Waals surface area (Å²) in [6.07, 6.45) is 10.2. The van der Waals surface area contributed by atoms with Crippen LogP contribution in [0.1, 0.15) is 56.1 Å². The van der Waals surface area contributed by atoms with Crippen molar-refractivity contribution in [3.05, 3.63) is 41.0 Å². The van der Waals surface area contributed by atoms with E-state index in [0.29, 0.717) is 11.2 Å². The maximum atomic E-state index is 9.76. The van der Waals surface area contributed by atoms with Crippen LogP contribution in [-0.4, -0.2) is 10.4 Å². The lowest BCUT2D eigenvalue weighted by atomic mass is 9.55. The summed E-state index contributed by atoms with van der Waals surface area (Å²) in [4.78, 5) is 0. The number of hydrogen-bond acceptors (Lipinski definition) is 1. The monoisotopic (exact) mass is 360 g/mol. The molecule has 0 saturated heterocycles. The molecule has 2 saturated carbocycles. The summed E-state index contributed by atoms with van der Waals surface area (Å²) in [5.41, 5.74) is 5.10. The average molecular weight is 361 g/mol. The normalized spacial score (nSPS) is 38.5. The van der Waals surface area contributed by atoms with Crippen LogP contribution in [0.15, 0.2) is 29.8 Å². The first-order chi connectivity index (χ1) is 10.6. The fourth-order valence-corrected chi connectivity index (χ4v) is 6.24. The first kappa shape index (κ1) is 14.8. The van der Waals surface area contributed by atoms with Crippen LogP contribution in [0.4, 0.5) is 0 Å². The van der Waals surface area contributed by atoms with Crippen molar-refractivity contribution in [1.82, 2.24) is 0 Å². The molecule has 22 heavy (non-hydrogen) atoms. The molecule has 0 amide bonds. The Morgan fingerprint density at radius 3 is 2.95 bits per heavy atom. The zero-order chi connectivity index (χ0) is 15.3. The lowest BCUT2D eigenvalue weighted by molar-refractivity contribution is 0.0813. The number of benzene rings is 1. The van der Waals surface area contributed by atoms with E-state index < -0.39 is 0 Å². The second-order valence-electron chi connectivity index (χ2n) is 7.68. The van der Waals surface area contributed by atoms with Gasteiger partial charge in [-0.2, -0.15) is 0 Å². The molecule has 0 aliphatic heterocycles. The van der Waals surface area contributed by atoms with Crippen LogP contribution in [0.25, 0.3) is 0 Å². The molecule has 0 radical (unpaired) electrons. The number of aromatic hydroxyl groups is 1. The van der Waals surface area contributed by atoms with Crippen molar-refractivity contribution in [3.8, 4) is 5.75 Å². The Bertz CT molecular complexity index is 620. The second kappa shape index (κ2) is 5.40. The second-order valence-corrected chi connectivity index (χ2v) is 8.32. The van der Waals surface area contributed by atoms with Gasteiger partial charge in [0.25, 0.3) is 0 Å². The highest BCUT2D eigenvalue weighted by Gasteiger charge is 2.52. The Hall–Kier alpha value is -0.760. The lowest BCUT2D eigenvalue weighted by Gasteiger charge is -2.49. The minimum atomic E-state index is 0.432. The van der Waals surface area contributed by atoms with E-state index >= 15 is 0 Å². The average Bonchev–Trinajstić information content (AvgIpc) is 2.84. The van der Waals surface area contributed by atoms with Crippen LogP contribution in [0.3, 0.4) is 0 Å². The van der Waals surface area contributed by atoms with E-state index in [1.165, 1.54) is 43.2 Å². The van der Waals surface area contributed by atoms with E-state index in [1.807, 2.05) is 12.1 Å². The number of aryl methyl sites for hydroxylation is 1. The fraction of sp³-hybridized carbons (Fsp3) is 0.600. The molecule has 0 bridgehead atoms. The van der Waals surface area contributed by atoms with Crippen LogP contribution >= 0.6 is 15.9 Å². The van der Waals surface area contributed by atoms with Gasteiger partial charge in [-0.05, 0) is 85.0 Å². The highest BCUT2D eigenvalue weighted by molar-refractivity contribution is 9.09. The minimum absolute atomic E-state index is 0.432. The van der Waals surface area contributed by atoms with Crippen LogP contribution < -0.4 is 0 Å². The Balaban J connectivity index is 1.69. The Labute approximate surface area is 141 Å². The van der Waals surface area contributed by atoms with Gasteiger partial charge in [-0.15, -0.1) is 0 Å². The van der Waals surface area contributed by atoms with E-state index in [1.54, 1.807) is 5.57 Å². The highest BCUT2D eigenvalue weighted by Crippen LogP contribution is 2.62. The maximum absolute atomic E-state index is 9.76. The SMILES string of the molecule is CC12CCC3c4ccc(O)cc4CCC3C1CC/C2=C\CBr. The summed E-state index contributed by atoms with van der Waals surface area (Å²) in [7, 11) is 0. The smallest absolute Gasteiger partial charge is 0.115 e. The molecule has 118 valence electrons. The molecule has 3 aliphatic carbocycles. The molecule has 1 nitrogen and oxygen atoms in total. The molecular formula is C20H25BrO. The van der Waals surface area contributed by atoms with Gasteiger partial charge in [-0.3, -0.25) is 0 Å². The third-order valence-electron chi connectivity index (χ3n) is 6.88.